The lowest BCUT2D eigenvalue weighted by atomic mass is 9.83. The van der Waals surface area contributed by atoms with Crippen LogP contribution < -0.4 is 0 Å². The van der Waals surface area contributed by atoms with E-state index in [1.165, 1.54) is 12.2 Å². The molecule has 4 N–H and O–H groups in total. The van der Waals surface area contributed by atoms with Crippen LogP contribution in [-0.4, -0.2) is 25.7 Å². The van der Waals surface area contributed by atoms with Gasteiger partial charge in [0.15, 0.2) is 0 Å². The molecular formula is C16H20NO5P. The predicted molar refractivity (Wildman–Crippen MR) is 88.6 cm³/mol. The quantitative estimate of drug-likeness (QED) is 0.615. The Morgan fingerprint density at radius 1 is 1.22 bits per heavy atom. The summed E-state index contributed by atoms with van der Waals surface area (Å²) in [5.41, 5.74) is 1.21. The molecule has 23 heavy (non-hydrogen) atoms. The number of aliphatic hydroxyl groups excluding tert-OH is 1. The standard InChI is InChI=1S/C16H20NO5P/c1-2-11(12-3-6-14(18)7-4-12)9-13-5-8-15(19)10-16(13)17-23(20,21)22/h3-8,10-11,13,18-19H,2,9H2,1H3,(H2,20,21,22)/b17-16+. The summed E-state index contributed by atoms with van der Waals surface area (Å²) in [6.45, 7) is 2.02. The van der Waals surface area contributed by atoms with E-state index in [0.29, 0.717) is 6.42 Å². The van der Waals surface area contributed by atoms with Gasteiger partial charge in [0.2, 0.25) is 0 Å². The Morgan fingerprint density at radius 3 is 2.43 bits per heavy atom. The molecule has 1 aromatic rings. The summed E-state index contributed by atoms with van der Waals surface area (Å²) in [5.74, 6) is -0.0398. The molecule has 0 saturated heterocycles. The molecule has 0 bridgehead atoms. The minimum atomic E-state index is -4.56. The number of nitrogens with zero attached hydrogens (tertiary/aromatic N) is 1. The van der Waals surface area contributed by atoms with Crippen molar-refractivity contribution in [3.8, 4) is 5.75 Å². The van der Waals surface area contributed by atoms with Gasteiger partial charge in [-0.3, -0.25) is 0 Å². The van der Waals surface area contributed by atoms with Crippen molar-refractivity contribution in [2.45, 2.75) is 25.7 Å². The molecule has 7 heteroatoms. The lowest BCUT2D eigenvalue weighted by Crippen LogP contribution is -2.17. The highest BCUT2D eigenvalue weighted by Crippen LogP contribution is 2.39. The van der Waals surface area contributed by atoms with Gasteiger partial charge >= 0.3 is 7.75 Å². The Morgan fingerprint density at radius 2 is 1.87 bits per heavy atom. The average molecular weight is 337 g/mol. The van der Waals surface area contributed by atoms with Crippen LogP contribution in [0.5, 0.6) is 5.75 Å². The van der Waals surface area contributed by atoms with E-state index in [-0.39, 0.29) is 29.1 Å². The normalized spacial score (nSPS) is 21.3. The van der Waals surface area contributed by atoms with Crippen molar-refractivity contribution < 1.29 is 24.6 Å². The van der Waals surface area contributed by atoms with E-state index in [0.717, 1.165) is 12.0 Å². The van der Waals surface area contributed by atoms with Crippen LogP contribution >= 0.6 is 7.75 Å². The molecule has 0 amide bonds. The van der Waals surface area contributed by atoms with Gasteiger partial charge in [0.1, 0.15) is 11.5 Å². The van der Waals surface area contributed by atoms with Crippen LogP contribution in [0.4, 0.5) is 0 Å². The highest BCUT2D eigenvalue weighted by Gasteiger charge is 2.24. The van der Waals surface area contributed by atoms with Crippen molar-refractivity contribution in [3.63, 3.8) is 0 Å². The predicted octanol–water partition coefficient (Wildman–Crippen LogP) is 3.44. The largest absolute Gasteiger partial charge is 0.508 e. The third kappa shape index (κ3) is 5.06. The highest BCUT2D eigenvalue weighted by atomic mass is 31.2. The first-order valence-corrected chi connectivity index (χ1v) is 8.88. The van der Waals surface area contributed by atoms with E-state index in [1.54, 1.807) is 18.2 Å². The molecule has 2 unspecified atom stereocenters. The molecule has 0 fully saturated rings. The van der Waals surface area contributed by atoms with Gasteiger partial charge in [-0.15, -0.1) is 0 Å². The second kappa shape index (κ2) is 7.13. The van der Waals surface area contributed by atoms with Gasteiger partial charge in [0.25, 0.3) is 0 Å². The van der Waals surface area contributed by atoms with Crippen LogP contribution in [-0.2, 0) is 4.57 Å². The zero-order valence-electron chi connectivity index (χ0n) is 12.7. The lowest BCUT2D eigenvalue weighted by Gasteiger charge is -2.23. The van der Waals surface area contributed by atoms with Crippen LogP contribution in [0.1, 0.15) is 31.2 Å². The zero-order chi connectivity index (χ0) is 17.0. The summed E-state index contributed by atoms with van der Waals surface area (Å²) in [5, 5.41) is 18.9. The van der Waals surface area contributed by atoms with Crippen molar-refractivity contribution >= 4 is 13.5 Å². The summed E-state index contributed by atoms with van der Waals surface area (Å²) in [4.78, 5) is 18.1. The fourth-order valence-electron chi connectivity index (χ4n) is 2.66. The molecule has 0 spiro atoms. The summed E-state index contributed by atoms with van der Waals surface area (Å²) in [6.07, 6.45) is 5.92. The van der Waals surface area contributed by atoms with Crippen LogP contribution in [0.2, 0.25) is 0 Å². The molecule has 2 rings (SSSR count). The third-order valence-corrected chi connectivity index (χ3v) is 4.31. The van der Waals surface area contributed by atoms with Gasteiger partial charge < -0.3 is 20.0 Å². The summed E-state index contributed by atoms with van der Waals surface area (Å²) < 4.78 is 14.6. The fraction of sp³-hybridized carbons (Fsp3) is 0.312. The van der Waals surface area contributed by atoms with Gasteiger partial charge in [-0.1, -0.05) is 25.1 Å². The van der Waals surface area contributed by atoms with E-state index in [9.17, 15) is 14.8 Å². The van der Waals surface area contributed by atoms with Gasteiger partial charge in [0.05, 0.1) is 5.71 Å². The molecule has 124 valence electrons. The van der Waals surface area contributed by atoms with E-state index in [4.69, 9.17) is 9.79 Å². The smallest absolute Gasteiger partial charge is 0.448 e. The van der Waals surface area contributed by atoms with E-state index in [2.05, 4.69) is 4.76 Å². The number of phenols is 1. The molecule has 2 atom stereocenters. The number of benzene rings is 1. The SMILES string of the molecule is CCC(CC1C=CC(O)=C/C1=N\P(=O)(O)O)c1ccc(O)cc1. The maximum Gasteiger partial charge on any atom is 0.448 e. The van der Waals surface area contributed by atoms with E-state index in [1.807, 2.05) is 19.1 Å². The van der Waals surface area contributed by atoms with Crippen LogP contribution in [0, 0.1) is 5.92 Å². The number of rotatable bonds is 5. The van der Waals surface area contributed by atoms with E-state index >= 15 is 0 Å². The lowest BCUT2D eigenvalue weighted by molar-refractivity contribution is 0.374. The highest BCUT2D eigenvalue weighted by molar-refractivity contribution is 7.50. The van der Waals surface area contributed by atoms with Crippen LogP contribution in [0.15, 0.2) is 53.0 Å². The number of aromatic hydroxyl groups is 1. The molecule has 0 saturated carbocycles. The monoisotopic (exact) mass is 337 g/mol. The average Bonchev–Trinajstić information content (AvgIpc) is 2.46. The fourth-order valence-corrected chi connectivity index (χ4v) is 3.17. The first-order chi connectivity index (χ1) is 10.8. The number of phenolic OH excluding ortho intramolecular Hbond substituents is 1. The van der Waals surface area contributed by atoms with Crippen LogP contribution in [0.25, 0.3) is 0 Å². The molecule has 1 aliphatic carbocycles. The topological polar surface area (TPSA) is 110 Å². The molecule has 0 heterocycles. The first kappa shape index (κ1) is 17.5. The molecule has 0 aliphatic heterocycles. The number of hydrogen-bond acceptors (Lipinski definition) is 3. The Labute approximate surface area is 134 Å². The van der Waals surface area contributed by atoms with E-state index < -0.39 is 7.75 Å². The van der Waals surface area contributed by atoms with Crippen molar-refractivity contribution in [2.75, 3.05) is 0 Å². The molecule has 0 aromatic heterocycles. The Bertz CT molecular complexity index is 687. The first-order valence-electron chi connectivity index (χ1n) is 7.32. The van der Waals surface area contributed by atoms with Crippen molar-refractivity contribution in [3.05, 3.63) is 53.8 Å². The second-order valence-electron chi connectivity index (χ2n) is 5.51. The van der Waals surface area contributed by atoms with Gasteiger partial charge in [-0.05, 0) is 42.5 Å². The minimum absolute atomic E-state index is 0.0777. The van der Waals surface area contributed by atoms with Crippen molar-refractivity contribution in [2.24, 2.45) is 10.7 Å². The third-order valence-electron chi connectivity index (χ3n) is 3.82. The number of aliphatic hydroxyl groups is 1. The number of allylic oxidation sites excluding steroid dienone is 3. The molecule has 0 radical (unpaired) electrons. The second-order valence-corrected chi connectivity index (χ2v) is 6.73. The van der Waals surface area contributed by atoms with Crippen molar-refractivity contribution in [1.82, 2.24) is 0 Å². The van der Waals surface area contributed by atoms with Gasteiger partial charge in [-0.25, -0.2) is 4.57 Å². The Kier molecular flexibility index (Phi) is 5.42. The Balaban J connectivity index is 2.25. The molecule has 1 aliphatic rings. The molecule has 6 nitrogen and oxygen atoms in total. The van der Waals surface area contributed by atoms with Crippen LogP contribution in [0.3, 0.4) is 0 Å². The number of hydrogen-bond donors (Lipinski definition) is 4. The van der Waals surface area contributed by atoms with Crippen molar-refractivity contribution in [1.29, 1.82) is 0 Å². The Hall–Kier alpha value is -1.88. The molecule has 1 aromatic carbocycles. The summed E-state index contributed by atoms with van der Waals surface area (Å²) >= 11 is 0. The zero-order valence-corrected chi connectivity index (χ0v) is 13.6. The summed E-state index contributed by atoms with van der Waals surface area (Å²) in [7, 11) is -4.56. The summed E-state index contributed by atoms with van der Waals surface area (Å²) in [6, 6.07) is 6.91. The van der Waals surface area contributed by atoms with Gasteiger partial charge in [0, 0.05) is 12.0 Å². The maximum atomic E-state index is 11.2. The minimum Gasteiger partial charge on any atom is -0.508 e. The van der Waals surface area contributed by atoms with Gasteiger partial charge in [-0.2, -0.15) is 4.76 Å². The molecular weight excluding hydrogens is 317 g/mol. The maximum absolute atomic E-state index is 11.2.